The minimum atomic E-state index is -1.65. The van der Waals surface area contributed by atoms with Crippen molar-refractivity contribution in [3.8, 4) is 5.75 Å². The lowest BCUT2D eigenvalue weighted by Crippen LogP contribution is -2.30. The summed E-state index contributed by atoms with van der Waals surface area (Å²) in [7, 11) is 2.97. The van der Waals surface area contributed by atoms with Crippen LogP contribution in [0.3, 0.4) is 0 Å². The molecule has 0 saturated heterocycles. The number of hydrogen-bond donors (Lipinski definition) is 1. The summed E-state index contributed by atoms with van der Waals surface area (Å²) >= 11 is 0. The molecule has 1 aromatic carbocycles. The Morgan fingerprint density at radius 1 is 1.47 bits per heavy atom. The predicted molar refractivity (Wildman–Crippen MR) is 55.3 cm³/mol. The highest BCUT2D eigenvalue weighted by Gasteiger charge is 2.29. The highest BCUT2D eigenvalue weighted by atomic mass is 19.1. The van der Waals surface area contributed by atoms with Gasteiger partial charge in [-0.2, -0.15) is 0 Å². The first-order chi connectivity index (χ1) is 7.03. The van der Waals surface area contributed by atoms with Crippen LogP contribution in [0.15, 0.2) is 18.2 Å². The van der Waals surface area contributed by atoms with Crippen LogP contribution >= 0.6 is 0 Å². The zero-order chi connectivity index (χ0) is 11.5. The maximum atomic E-state index is 14.1. The van der Waals surface area contributed by atoms with Crippen LogP contribution in [0.4, 0.5) is 8.78 Å². The van der Waals surface area contributed by atoms with Crippen LogP contribution in [0.2, 0.25) is 0 Å². The second kappa shape index (κ2) is 4.57. The first-order valence-electron chi connectivity index (χ1n) is 4.69. The van der Waals surface area contributed by atoms with Gasteiger partial charge in [-0.25, -0.2) is 8.78 Å². The number of hydrogen-bond acceptors (Lipinski definition) is 2. The quantitative estimate of drug-likeness (QED) is 0.831. The molecule has 1 aromatic rings. The Bertz CT molecular complexity index is 339. The molecule has 0 aromatic heterocycles. The lowest BCUT2D eigenvalue weighted by Gasteiger charge is -2.22. The van der Waals surface area contributed by atoms with Crippen molar-refractivity contribution in [3.63, 3.8) is 0 Å². The number of para-hydroxylation sites is 1. The van der Waals surface area contributed by atoms with E-state index in [4.69, 9.17) is 4.74 Å². The minimum Gasteiger partial charge on any atom is -0.493 e. The third-order valence-electron chi connectivity index (χ3n) is 2.24. The number of nitrogens with one attached hydrogen (secondary N) is 1. The highest BCUT2D eigenvalue weighted by molar-refractivity contribution is 5.39. The summed E-state index contributed by atoms with van der Waals surface area (Å²) in [5.41, 5.74) is -1.43. The van der Waals surface area contributed by atoms with Gasteiger partial charge in [0.15, 0.2) is 11.6 Å². The number of rotatable bonds is 4. The van der Waals surface area contributed by atoms with Crippen molar-refractivity contribution in [2.75, 3.05) is 20.7 Å². The Kier molecular flexibility index (Phi) is 3.63. The summed E-state index contributed by atoms with van der Waals surface area (Å²) in [6.07, 6.45) is 0. The lowest BCUT2D eigenvalue weighted by molar-refractivity contribution is 0.183. The fraction of sp³-hybridized carbons (Fsp3) is 0.455. The summed E-state index contributed by atoms with van der Waals surface area (Å²) in [6.45, 7) is 1.49. The fourth-order valence-corrected chi connectivity index (χ4v) is 1.55. The van der Waals surface area contributed by atoms with Crippen molar-refractivity contribution in [2.45, 2.75) is 12.6 Å². The number of ether oxygens (including phenoxy) is 1. The molecule has 0 bridgehead atoms. The third kappa shape index (κ3) is 2.45. The molecule has 1 atom stereocenters. The molecule has 0 spiro atoms. The van der Waals surface area contributed by atoms with E-state index < -0.39 is 11.5 Å². The number of halogens is 2. The zero-order valence-corrected chi connectivity index (χ0v) is 9.10. The van der Waals surface area contributed by atoms with Gasteiger partial charge in [-0.1, -0.05) is 12.1 Å². The van der Waals surface area contributed by atoms with Crippen molar-refractivity contribution in [3.05, 3.63) is 29.6 Å². The summed E-state index contributed by atoms with van der Waals surface area (Å²) in [5, 5.41) is 2.72. The van der Waals surface area contributed by atoms with E-state index in [-0.39, 0.29) is 17.9 Å². The molecule has 0 aliphatic heterocycles. The summed E-state index contributed by atoms with van der Waals surface area (Å²) in [4.78, 5) is 0. The first kappa shape index (κ1) is 11.9. The number of methoxy groups -OCH3 is 1. The molecule has 0 aliphatic rings. The van der Waals surface area contributed by atoms with Crippen LogP contribution < -0.4 is 10.1 Å². The molecule has 4 heteroatoms. The monoisotopic (exact) mass is 215 g/mol. The second-order valence-corrected chi connectivity index (χ2v) is 3.55. The van der Waals surface area contributed by atoms with E-state index in [0.29, 0.717) is 0 Å². The van der Waals surface area contributed by atoms with Crippen LogP contribution in [0, 0.1) is 5.82 Å². The molecule has 1 unspecified atom stereocenters. The Morgan fingerprint density at radius 2 is 2.13 bits per heavy atom. The first-order valence-corrected chi connectivity index (χ1v) is 4.69. The number of alkyl halides is 1. The Labute approximate surface area is 88.3 Å². The van der Waals surface area contributed by atoms with E-state index in [1.54, 1.807) is 7.05 Å². The third-order valence-corrected chi connectivity index (χ3v) is 2.24. The standard InChI is InChI=1S/C11H15F2NO/c1-11(13,7-14-2)8-5-4-6-9(12)10(8)15-3/h4-6,14H,7H2,1-3H3. The number of benzene rings is 1. The van der Waals surface area contributed by atoms with Crippen LogP contribution in [-0.2, 0) is 5.67 Å². The van der Waals surface area contributed by atoms with Crippen molar-refractivity contribution in [2.24, 2.45) is 0 Å². The van der Waals surface area contributed by atoms with Gasteiger partial charge in [-0.15, -0.1) is 0 Å². The average Bonchev–Trinajstić information content (AvgIpc) is 2.17. The molecule has 0 saturated carbocycles. The maximum Gasteiger partial charge on any atom is 0.165 e. The molecule has 0 fully saturated rings. The van der Waals surface area contributed by atoms with Gasteiger partial charge in [0.2, 0.25) is 0 Å². The topological polar surface area (TPSA) is 21.3 Å². The van der Waals surface area contributed by atoms with Crippen LogP contribution in [0.5, 0.6) is 5.75 Å². The van der Waals surface area contributed by atoms with E-state index >= 15 is 0 Å². The van der Waals surface area contributed by atoms with Gasteiger partial charge in [-0.3, -0.25) is 0 Å². The average molecular weight is 215 g/mol. The van der Waals surface area contributed by atoms with Crippen LogP contribution in [0.1, 0.15) is 12.5 Å². The second-order valence-electron chi connectivity index (χ2n) is 3.55. The SMILES string of the molecule is CNCC(C)(F)c1cccc(F)c1OC. The van der Waals surface area contributed by atoms with E-state index in [1.165, 1.54) is 32.2 Å². The lowest BCUT2D eigenvalue weighted by atomic mass is 9.96. The molecule has 84 valence electrons. The van der Waals surface area contributed by atoms with E-state index in [0.717, 1.165) is 0 Å². The van der Waals surface area contributed by atoms with Crippen LogP contribution in [0.25, 0.3) is 0 Å². The normalized spacial score (nSPS) is 14.7. The van der Waals surface area contributed by atoms with Gasteiger partial charge in [0.05, 0.1) is 7.11 Å². The van der Waals surface area contributed by atoms with Gasteiger partial charge in [0.25, 0.3) is 0 Å². The Morgan fingerprint density at radius 3 is 2.67 bits per heavy atom. The molecular weight excluding hydrogens is 200 g/mol. The largest absolute Gasteiger partial charge is 0.493 e. The predicted octanol–water partition coefficient (Wildman–Crippen LogP) is 2.24. The molecular formula is C11H15F2NO. The smallest absolute Gasteiger partial charge is 0.165 e. The van der Waals surface area contributed by atoms with Gasteiger partial charge in [0.1, 0.15) is 5.67 Å². The van der Waals surface area contributed by atoms with Gasteiger partial charge in [0, 0.05) is 12.1 Å². The van der Waals surface area contributed by atoms with E-state index in [2.05, 4.69) is 5.32 Å². The Hall–Kier alpha value is -1.16. The van der Waals surface area contributed by atoms with E-state index in [1.807, 2.05) is 0 Å². The molecule has 0 aliphatic carbocycles. The molecule has 2 nitrogen and oxygen atoms in total. The molecule has 0 heterocycles. The molecule has 15 heavy (non-hydrogen) atoms. The maximum absolute atomic E-state index is 14.1. The Balaban J connectivity index is 3.18. The van der Waals surface area contributed by atoms with Crippen molar-refractivity contribution < 1.29 is 13.5 Å². The summed E-state index contributed by atoms with van der Waals surface area (Å²) in [6, 6.07) is 4.25. The van der Waals surface area contributed by atoms with Crippen molar-refractivity contribution in [1.82, 2.24) is 5.32 Å². The van der Waals surface area contributed by atoms with Gasteiger partial charge in [-0.05, 0) is 20.0 Å². The minimum absolute atomic E-state index is 0.0299. The molecule has 1 rings (SSSR count). The zero-order valence-electron chi connectivity index (χ0n) is 9.10. The molecule has 0 amide bonds. The van der Waals surface area contributed by atoms with Crippen molar-refractivity contribution >= 4 is 0 Å². The molecule has 0 radical (unpaired) electrons. The number of likely N-dealkylation sites (N-methyl/N-ethyl adjacent to an activating group) is 1. The van der Waals surface area contributed by atoms with Gasteiger partial charge >= 0.3 is 0 Å². The van der Waals surface area contributed by atoms with E-state index in [9.17, 15) is 8.78 Å². The fourth-order valence-electron chi connectivity index (χ4n) is 1.55. The van der Waals surface area contributed by atoms with Crippen molar-refractivity contribution in [1.29, 1.82) is 0 Å². The summed E-state index contributed by atoms with van der Waals surface area (Å²) in [5.74, 6) is -0.576. The summed E-state index contributed by atoms with van der Waals surface area (Å²) < 4.78 is 32.3. The van der Waals surface area contributed by atoms with Crippen LogP contribution in [-0.4, -0.2) is 20.7 Å². The molecule has 1 N–H and O–H groups in total. The highest BCUT2D eigenvalue weighted by Crippen LogP contribution is 2.34. The van der Waals surface area contributed by atoms with Gasteiger partial charge < -0.3 is 10.1 Å².